The van der Waals surface area contributed by atoms with Crippen LogP contribution >= 0.6 is 0 Å². The van der Waals surface area contributed by atoms with E-state index in [0.29, 0.717) is 29.5 Å². The minimum absolute atomic E-state index is 0.109. The Kier molecular flexibility index (Phi) is 5.16. The molecule has 0 aliphatic heterocycles. The molecule has 1 aromatic rings. The average Bonchev–Trinajstić information content (AvgIpc) is 2.47. The van der Waals surface area contributed by atoms with E-state index in [2.05, 4.69) is 5.32 Å². The summed E-state index contributed by atoms with van der Waals surface area (Å²) >= 11 is 0. The standard InChI is InChI=1S/C17H22FNO4/c1-10-12-4-5-17(3,9-23-7-6-20)16(22)15(12)14(8-13(10)18)19-11(2)21/h8,20H,4-7,9H2,1-3H3,(H,19,21). The predicted molar refractivity (Wildman–Crippen MR) is 84.1 cm³/mol. The zero-order chi connectivity index (χ0) is 17.2. The van der Waals surface area contributed by atoms with E-state index in [1.165, 1.54) is 13.0 Å². The highest BCUT2D eigenvalue weighted by molar-refractivity contribution is 6.09. The molecule has 2 rings (SSSR count). The van der Waals surface area contributed by atoms with Crippen LogP contribution in [-0.2, 0) is 16.0 Å². The molecule has 0 spiro atoms. The number of ketones is 1. The molecule has 0 saturated heterocycles. The molecule has 1 atom stereocenters. The maximum Gasteiger partial charge on any atom is 0.221 e. The molecule has 23 heavy (non-hydrogen) atoms. The normalized spacial score (nSPS) is 20.3. The van der Waals surface area contributed by atoms with Gasteiger partial charge in [-0.25, -0.2) is 4.39 Å². The molecule has 0 saturated carbocycles. The summed E-state index contributed by atoms with van der Waals surface area (Å²) in [5, 5.41) is 11.4. The second-order valence-electron chi connectivity index (χ2n) is 6.23. The Morgan fingerprint density at radius 2 is 2.22 bits per heavy atom. The predicted octanol–water partition coefficient (Wildman–Crippen LogP) is 2.24. The molecule has 0 radical (unpaired) electrons. The van der Waals surface area contributed by atoms with Gasteiger partial charge in [-0.15, -0.1) is 0 Å². The Morgan fingerprint density at radius 3 is 2.83 bits per heavy atom. The van der Waals surface area contributed by atoms with Gasteiger partial charge in [-0.05, 0) is 37.0 Å². The van der Waals surface area contributed by atoms with Crippen molar-refractivity contribution in [3.63, 3.8) is 0 Å². The molecule has 126 valence electrons. The number of hydrogen-bond donors (Lipinski definition) is 2. The van der Waals surface area contributed by atoms with Gasteiger partial charge in [-0.1, -0.05) is 6.92 Å². The molecule has 0 fully saturated rings. The number of ether oxygens (including phenoxy) is 1. The Morgan fingerprint density at radius 1 is 1.52 bits per heavy atom. The lowest BCUT2D eigenvalue weighted by atomic mass is 9.71. The minimum atomic E-state index is -0.750. The Labute approximate surface area is 134 Å². The van der Waals surface area contributed by atoms with Crippen molar-refractivity contribution in [1.29, 1.82) is 0 Å². The van der Waals surface area contributed by atoms with Crippen molar-refractivity contribution >= 4 is 17.4 Å². The van der Waals surface area contributed by atoms with Crippen LogP contribution in [0.5, 0.6) is 0 Å². The fourth-order valence-electron chi connectivity index (χ4n) is 2.98. The number of benzene rings is 1. The van der Waals surface area contributed by atoms with E-state index in [9.17, 15) is 14.0 Å². The van der Waals surface area contributed by atoms with Crippen molar-refractivity contribution < 1.29 is 23.8 Å². The Balaban J connectivity index is 2.45. The number of halogens is 1. The maximum absolute atomic E-state index is 14.1. The number of nitrogens with one attached hydrogen (secondary N) is 1. The lowest BCUT2D eigenvalue weighted by Gasteiger charge is -2.35. The van der Waals surface area contributed by atoms with Crippen LogP contribution in [0.25, 0.3) is 0 Å². The largest absolute Gasteiger partial charge is 0.394 e. The van der Waals surface area contributed by atoms with Crippen LogP contribution in [0.1, 0.15) is 41.8 Å². The number of anilines is 1. The Bertz CT molecular complexity index is 644. The number of carbonyl (C=O) groups excluding carboxylic acids is 2. The lowest BCUT2D eigenvalue weighted by Crippen LogP contribution is -2.39. The first kappa shape index (κ1) is 17.6. The molecule has 1 amide bonds. The first-order valence-corrected chi connectivity index (χ1v) is 7.63. The Hall–Kier alpha value is -1.79. The summed E-state index contributed by atoms with van der Waals surface area (Å²) in [5.41, 5.74) is 0.938. The molecule has 5 nitrogen and oxygen atoms in total. The SMILES string of the molecule is CC(=O)Nc1cc(F)c(C)c2c1C(=O)C(C)(COCCO)CC2. The van der Waals surface area contributed by atoms with E-state index >= 15 is 0 Å². The van der Waals surface area contributed by atoms with Gasteiger partial charge in [0, 0.05) is 12.5 Å². The van der Waals surface area contributed by atoms with E-state index in [4.69, 9.17) is 9.84 Å². The van der Waals surface area contributed by atoms with Crippen molar-refractivity contribution in [2.75, 3.05) is 25.1 Å². The number of aliphatic hydroxyl groups excluding tert-OH is 1. The van der Waals surface area contributed by atoms with Crippen molar-refractivity contribution in [1.82, 2.24) is 0 Å². The number of rotatable bonds is 5. The van der Waals surface area contributed by atoms with Crippen molar-refractivity contribution in [2.45, 2.75) is 33.6 Å². The number of aliphatic hydroxyl groups is 1. The third kappa shape index (κ3) is 3.43. The highest BCUT2D eigenvalue weighted by atomic mass is 19.1. The monoisotopic (exact) mass is 323 g/mol. The first-order chi connectivity index (χ1) is 10.8. The van der Waals surface area contributed by atoms with Crippen LogP contribution in [0, 0.1) is 18.2 Å². The van der Waals surface area contributed by atoms with Crippen molar-refractivity contribution in [2.24, 2.45) is 5.41 Å². The van der Waals surface area contributed by atoms with Gasteiger partial charge in [0.1, 0.15) is 5.82 Å². The van der Waals surface area contributed by atoms with E-state index < -0.39 is 11.2 Å². The lowest BCUT2D eigenvalue weighted by molar-refractivity contribution is -0.114. The van der Waals surface area contributed by atoms with Crippen molar-refractivity contribution in [3.8, 4) is 0 Å². The fraction of sp³-hybridized carbons (Fsp3) is 0.529. The van der Waals surface area contributed by atoms with Crippen LogP contribution in [0.2, 0.25) is 0 Å². The van der Waals surface area contributed by atoms with E-state index in [0.717, 1.165) is 0 Å². The van der Waals surface area contributed by atoms with Crippen LogP contribution in [-0.4, -0.2) is 36.6 Å². The van der Waals surface area contributed by atoms with Crippen LogP contribution < -0.4 is 5.32 Å². The molecule has 0 heterocycles. The summed E-state index contributed by atoms with van der Waals surface area (Å²) < 4.78 is 19.4. The topological polar surface area (TPSA) is 75.6 Å². The summed E-state index contributed by atoms with van der Waals surface area (Å²) in [6.07, 6.45) is 1.07. The van der Waals surface area contributed by atoms with Crippen molar-refractivity contribution in [3.05, 3.63) is 28.6 Å². The highest BCUT2D eigenvalue weighted by Gasteiger charge is 2.41. The van der Waals surface area contributed by atoms with E-state index in [1.54, 1.807) is 13.8 Å². The van der Waals surface area contributed by atoms with Crippen LogP contribution in [0.15, 0.2) is 6.07 Å². The van der Waals surface area contributed by atoms with Gasteiger partial charge in [0.25, 0.3) is 0 Å². The fourth-order valence-corrected chi connectivity index (χ4v) is 2.98. The quantitative estimate of drug-likeness (QED) is 0.815. The molecule has 6 heteroatoms. The van der Waals surface area contributed by atoms with E-state index in [-0.39, 0.29) is 37.2 Å². The van der Waals surface area contributed by atoms with Gasteiger partial charge in [-0.3, -0.25) is 9.59 Å². The smallest absolute Gasteiger partial charge is 0.221 e. The molecule has 1 unspecified atom stereocenters. The maximum atomic E-state index is 14.1. The third-order valence-corrected chi connectivity index (χ3v) is 4.32. The summed E-state index contributed by atoms with van der Waals surface area (Å²) in [6, 6.07) is 1.20. The molecule has 2 N–H and O–H groups in total. The number of amides is 1. The number of carbonyl (C=O) groups is 2. The average molecular weight is 323 g/mol. The number of hydrogen-bond acceptors (Lipinski definition) is 4. The first-order valence-electron chi connectivity index (χ1n) is 7.63. The zero-order valence-corrected chi connectivity index (χ0v) is 13.7. The van der Waals surface area contributed by atoms with Crippen LogP contribution in [0.4, 0.5) is 10.1 Å². The van der Waals surface area contributed by atoms with Gasteiger partial charge in [-0.2, -0.15) is 0 Å². The third-order valence-electron chi connectivity index (χ3n) is 4.32. The molecular weight excluding hydrogens is 301 g/mol. The summed E-state index contributed by atoms with van der Waals surface area (Å²) in [4.78, 5) is 24.4. The molecule has 1 aliphatic carbocycles. The summed E-state index contributed by atoms with van der Waals surface area (Å²) in [6.45, 7) is 5.00. The molecule has 0 bridgehead atoms. The second-order valence-corrected chi connectivity index (χ2v) is 6.23. The molecular formula is C17H22FNO4. The molecule has 0 aromatic heterocycles. The van der Waals surface area contributed by atoms with Crippen LogP contribution in [0.3, 0.4) is 0 Å². The molecule has 1 aromatic carbocycles. The number of Topliss-reactive ketones (excluding diaryl/α,β-unsaturated/α-hetero) is 1. The summed E-state index contributed by atoms with van der Waals surface area (Å²) in [5.74, 6) is -0.948. The van der Waals surface area contributed by atoms with E-state index in [1.807, 2.05) is 0 Å². The molecule has 1 aliphatic rings. The second kappa shape index (κ2) is 6.76. The van der Waals surface area contributed by atoms with Gasteiger partial charge in [0.05, 0.1) is 30.9 Å². The zero-order valence-electron chi connectivity index (χ0n) is 13.7. The van der Waals surface area contributed by atoms with Gasteiger partial charge < -0.3 is 15.2 Å². The number of fused-ring (bicyclic) bond motifs is 1. The van der Waals surface area contributed by atoms with Gasteiger partial charge >= 0.3 is 0 Å². The highest BCUT2D eigenvalue weighted by Crippen LogP contribution is 2.40. The van der Waals surface area contributed by atoms with Gasteiger partial charge in [0.2, 0.25) is 5.91 Å². The summed E-state index contributed by atoms with van der Waals surface area (Å²) in [7, 11) is 0. The minimum Gasteiger partial charge on any atom is -0.394 e. The van der Waals surface area contributed by atoms with Gasteiger partial charge in [0.15, 0.2) is 5.78 Å².